The molecule has 5 heteroatoms. The van der Waals surface area contributed by atoms with Crippen molar-refractivity contribution >= 4 is 17.6 Å². The molecule has 0 aliphatic heterocycles. The van der Waals surface area contributed by atoms with E-state index in [0.29, 0.717) is 12.2 Å². The van der Waals surface area contributed by atoms with Gasteiger partial charge in [0, 0.05) is 19.2 Å². The third kappa shape index (κ3) is 6.00. The van der Waals surface area contributed by atoms with Gasteiger partial charge in [0.25, 0.3) is 0 Å². The number of alkyl halides is 1. The molecule has 1 unspecified atom stereocenters. The van der Waals surface area contributed by atoms with Gasteiger partial charge in [-0.05, 0) is 0 Å². The standard InChI is InChI=1S/C7H12ClNO3/c1-5(7(8)11)9-3-4-12-6(2)10/h7,9,11H,1,3-4H2,2H3. The monoisotopic (exact) mass is 193 g/mol. The molecule has 0 saturated carbocycles. The highest BCUT2D eigenvalue weighted by atomic mass is 35.5. The minimum atomic E-state index is -1.11. The fourth-order valence-electron chi connectivity index (χ4n) is 0.491. The van der Waals surface area contributed by atoms with E-state index in [9.17, 15) is 4.79 Å². The molecular weight excluding hydrogens is 182 g/mol. The van der Waals surface area contributed by atoms with Crippen molar-refractivity contribution in [1.29, 1.82) is 0 Å². The molecule has 0 saturated heterocycles. The number of ether oxygens (including phenoxy) is 1. The lowest BCUT2D eigenvalue weighted by Gasteiger charge is -2.09. The Hall–Kier alpha value is -0.740. The molecule has 0 amide bonds. The maximum absolute atomic E-state index is 10.3. The molecule has 0 fully saturated rings. The van der Waals surface area contributed by atoms with Gasteiger partial charge >= 0.3 is 5.97 Å². The van der Waals surface area contributed by atoms with E-state index in [2.05, 4.69) is 16.6 Å². The predicted molar refractivity (Wildman–Crippen MR) is 45.6 cm³/mol. The van der Waals surface area contributed by atoms with Gasteiger partial charge in [0.1, 0.15) is 6.61 Å². The number of rotatable bonds is 5. The van der Waals surface area contributed by atoms with Crippen LogP contribution in [0.25, 0.3) is 0 Å². The van der Waals surface area contributed by atoms with Crippen LogP contribution in [-0.2, 0) is 9.53 Å². The molecule has 4 nitrogen and oxygen atoms in total. The van der Waals surface area contributed by atoms with Gasteiger partial charge in [-0.1, -0.05) is 18.2 Å². The van der Waals surface area contributed by atoms with Gasteiger partial charge < -0.3 is 15.2 Å². The fraction of sp³-hybridized carbons (Fsp3) is 0.571. The van der Waals surface area contributed by atoms with E-state index >= 15 is 0 Å². The number of aliphatic hydroxyl groups excluding tert-OH is 1. The first-order valence-corrected chi connectivity index (χ1v) is 3.86. The van der Waals surface area contributed by atoms with Crippen LogP contribution < -0.4 is 5.32 Å². The van der Waals surface area contributed by atoms with Gasteiger partial charge in [0.15, 0.2) is 5.56 Å². The Morgan fingerprint density at radius 1 is 1.83 bits per heavy atom. The molecule has 0 aliphatic carbocycles. The van der Waals surface area contributed by atoms with E-state index in [0.717, 1.165) is 0 Å². The molecule has 1 atom stereocenters. The third-order valence-corrected chi connectivity index (χ3v) is 1.31. The first kappa shape index (κ1) is 11.3. The summed E-state index contributed by atoms with van der Waals surface area (Å²) in [4.78, 5) is 10.3. The summed E-state index contributed by atoms with van der Waals surface area (Å²) in [6.45, 7) is 5.39. The number of halogens is 1. The van der Waals surface area contributed by atoms with E-state index in [-0.39, 0.29) is 12.6 Å². The van der Waals surface area contributed by atoms with Crippen molar-refractivity contribution in [2.24, 2.45) is 0 Å². The summed E-state index contributed by atoms with van der Waals surface area (Å²) in [5.74, 6) is -0.339. The number of aliphatic hydroxyl groups is 1. The molecule has 0 heterocycles. The highest BCUT2D eigenvalue weighted by Gasteiger charge is 2.02. The molecule has 0 aromatic rings. The highest BCUT2D eigenvalue weighted by Crippen LogP contribution is 1.98. The zero-order valence-electron chi connectivity index (χ0n) is 6.84. The SMILES string of the molecule is C=C(NCCOC(C)=O)C(O)Cl. The zero-order chi connectivity index (χ0) is 9.56. The van der Waals surface area contributed by atoms with Gasteiger partial charge in [0.2, 0.25) is 0 Å². The molecule has 0 aromatic heterocycles. The molecule has 12 heavy (non-hydrogen) atoms. The average molecular weight is 194 g/mol. The van der Waals surface area contributed by atoms with Crippen LogP contribution in [0, 0.1) is 0 Å². The summed E-state index contributed by atoms with van der Waals surface area (Å²) >= 11 is 5.26. The Morgan fingerprint density at radius 2 is 2.42 bits per heavy atom. The maximum Gasteiger partial charge on any atom is 0.302 e. The lowest BCUT2D eigenvalue weighted by molar-refractivity contribution is -0.140. The van der Waals surface area contributed by atoms with Crippen molar-refractivity contribution in [3.05, 3.63) is 12.3 Å². The quantitative estimate of drug-likeness (QED) is 0.372. The Bertz CT molecular complexity index is 170. The summed E-state index contributed by atoms with van der Waals surface area (Å²) in [5.41, 5.74) is -0.814. The summed E-state index contributed by atoms with van der Waals surface area (Å²) < 4.78 is 4.60. The maximum atomic E-state index is 10.3. The second-order valence-corrected chi connectivity index (χ2v) is 2.54. The molecule has 0 aromatic carbocycles. The molecule has 0 spiro atoms. The van der Waals surface area contributed by atoms with Crippen LogP contribution in [-0.4, -0.2) is 29.8 Å². The molecule has 0 radical (unpaired) electrons. The first-order chi connectivity index (χ1) is 5.54. The summed E-state index contributed by atoms with van der Waals surface area (Å²) in [6, 6.07) is 0. The summed E-state index contributed by atoms with van der Waals surface area (Å²) in [6.07, 6.45) is 0. The van der Waals surface area contributed by atoms with Crippen molar-refractivity contribution in [2.75, 3.05) is 13.2 Å². The van der Waals surface area contributed by atoms with E-state index in [1.165, 1.54) is 6.92 Å². The van der Waals surface area contributed by atoms with E-state index < -0.39 is 5.56 Å². The van der Waals surface area contributed by atoms with Crippen LogP contribution in [0.3, 0.4) is 0 Å². The molecule has 2 N–H and O–H groups in total. The van der Waals surface area contributed by atoms with Crippen LogP contribution in [0.2, 0.25) is 0 Å². The zero-order valence-corrected chi connectivity index (χ0v) is 7.60. The van der Waals surface area contributed by atoms with E-state index in [1.54, 1.807) is 0 Å². The van der Waals surface area contributed by atoms with Crippen LogP contribution >= 0.6 is 11.6 Å². The highest BCUT2D eigenvalue weighted by molar-refractivity contribution is 6.21. The van der Waals surface area contributed by atoms with Gasteiger partial charge in [-0.15, -0.1) is 0 Å². The Morgan fingerprint density at radius 3 is 2.83 bits per heavy atom. The van der Waals surface area contributed by atoms with Crippen LogP contribution in [0.15, 0.2) is 12.3 Å². The van der Waals surface area contributed by atoms with E-state index in [4.69, 9.17) is 16.7 Å². The second kappa shape index (κ2) is 5.85. The van der Waals surface area contributed by atoms with Crippen LogP contribution in [0.4, 0.5) is 0 Å². The smallest absolute Gasteiger partial charge is 0.302 e. The molecule has 0 rings (SSSR count). The first-order valence-electron chi connectivity index (χ1n) is 3.42. The molecular formula is C7H12ClNO3. The number of nitrogens with one attached hydrogen (secondary N) is 1. The predicted octanol–water partition coefficient (Wildman–Crippen LogP) is 0.210. The van der Waals surface area contributed by atoms with Crippen molar-refractivity contribution in [1.82, 2.24) is 5.32 Å². The lowest BCUT2D eigenvalue weighted by Crippen LogP contribution is -2.24. The summed E-state index contributed by atoms with van der Waals surface area (Å²) in [7, 11) is 0. The fourth-order valence-corrected chi connectivity index (χ4v) is 0.568. The third-order valence-electron chi connectivity index (χ3n) is 1.05. The Kier molecular flexibility index (Phi) is 5.49. The topological polar surface area (TPSA) is 58.6 Å². The van der Waals surface area contributed by atoms with E-state index in [1.807, 2.05) is 0 Å². The minimum absolute atomic E-state index is 0.234. The van der Waals surface area contributed by atoms with Crippen LogP contribution in [0.5, 0.6) is 0 Å². The van der Waals surface area contributed by atoms with Gasteiger partial charge in [0.05, 0.1) is 0 Å². The Labute approximate surface area is 76.2 Å². The van der Waals surface area contributed by atoms with Crippen LogP contribution in [0.1, 0.15) is 6.92 Å². The minimum Gasteiger partial charge on any atom is -0.464 e. The summed E-state index contributed by atoms with van der Waals surface area (Å²) in [5, 5.41) is 11.4. The van der Waals surface area contributed by atoms with Crippen molar-refractivity contribution in [3.8, 4) is 0 Å². The van der Waals surface area contributed by atoms with Gasteiger partial charge in [-0.2, -0.15) is 0 Å². The molecule has 70 valence electrons. The average Bonchev–Trinajstić information content (AvgIpc) is 1.97. The van der Waals surface area contributed by atoms with Gasteiger partial charge in [-0.3, -0.25) is 4.79 Å². The number of hydrogen-bond donors (Lipinski definition) is 2. The molecule has 0 bridgehead atoms. The second-order valence-electron chi connectivity index (χ2n) is 2.13. The largest absolute Gasteiger partial charge is 0.464 e. The van der Waals surface area contributed by atoms with Crippen molar-refractivity contribution in [3.63, 3.8) is 0 Å². The van der Waals surface area contributed by atoms with Gasteiger partial charge in [-0.25, -0.2) is 0 Å². The lowest BCUT2D eigenvalue weighted by atomic mass is 10.5. The number of carbonyl (C=O) groups is 1. The number of esters is 1. The van der Waals surface area contributed by atoms with Crippen molar-refractivity contribution in [2.45, 2.75) is 12.5 Å². The number of hydrogen-bond acceptors (Lipinski definition) is 4. The normalized spacial score (nSPS) is 11.9. The molecule has 0 aliphatic rings. The number of carbonyl (C=O) groups excluding carboxylic acids is 1. The van der Waals surface area contributed by atoms with Crippen molar-refractivity contribution < 1.29 is 14.6 Å². The Balaban J connectivity index is 3.32.